The van der Waals surface area contributed by atoms with E-state index < -0.39 is 5.97 Å². The maximum absolute atomic E-state index is 11.6. The standard InChI is InChI=1S/C12H21N3O4/c1-8(16)13-5-6-14-12(19)15-10-4-2-3-9(7-10)11(17)18/h9-10H,2-7H2,1H3,(H,13,16)(H,17,18)(H2,14,15,19). The molecule has 7 heteroatoms. The summed E-state index contributed by atoms with van der Waals surface area (Å²) in [6.45, 7) is 2.14. The summed E-state index contributed by atoms with van der Waals surface area (Å²) in [6.07, 6.45) is 2.78. The third-order valence-corrected chi connectivity index (χ3v) is 3.14. The summed E-state index contributed by atoms with van der Waals surface area (Å²) in [5, 5.41) is 16.9. The Hall–Kier alpha value is -1.79. The molecule has 0 spiro atoms. The van der Waals surface area contributed by atoms with E-state index in [2.05, 4.69) is 16.0 Å². The molecule has 0 aromatic rings. The fourth-order valence-corrected chi connectivity index (χ4v) is 2.20. The van der Waals surface area contributed by atoms with E-state index in [1.807, 2.05) is 0 Å². The first-order chi connectivity index (χ1) is 8.99. The zero-order chi connectivity index (χ0) is 14.3. The van der Waals surface area contributed by atoms with Gasteiger partial charge in [-0.05, 0) is 19.3 Å². The molecule has 108 valence electrons. The molecule has 1 fully saturated rings. The predicted molar refractivity (Wildman–Crippen MR) is 68.6 cm³/mol. The van der Waals surface area contributed by atoms with Gasteiger partial charge in [0.25, 0.3) is 0 Å². The van der Waals surface area contributed by atoms with Crippen LogP contribution in [-0.2, 0) is 9.59 Å². The van der Waals surface area contributed by atoms with Crippen LogP contribution >= 0.6 is 0 Å². The van der Waals surface area contributed by atoms with E-state index >= 15 is 0 Å². The fourth-order valence-electron chi connectivity index (χ4n) is 2.20. The van der Waals surface area contributed by atoms with E-state index in [4.69, 9.17) is 5.11 Å². The average molecular weight is 271 g/mol. The number of nitrogens with one attached hydrogen (secondary N) is 3. The summed E-state index contributed by atoms with van der Waals surface area (Å²) in [5.41, 5.74) is 0. The Kier molecular flexibility index (Phi) is 6.11. The zero-order valence-corrected chi connectivity index (χ0v) is 11.1. The van der Waals surface area contributed by atoms with Crippen LogP contribution in [0.3, 0.4) is 0 Å². The van der Waals surface area contributed by atoms with Crippen LogP contribution in [-0.4, -0.2) is 42.1 Å². The van der Waals surface area contributed by atoms with Crippen LogP contribution in [0.4, 0.5) is 4.79 Å². The molecule has 0 bridgehead atoms. The normalized spacial score (nSPS) is 22.4. The number of hydrogen-bond acceptors (Lipinski definition) is 3. The Morgan fingerprint density at radius 3 is 2.47 bits per heavy atom. The average Bonchev–Trinajstić information content (AvgIpc) is 2.34. The molecule has 7 nitrogen and oxygen atoms in total. The molecule has 2 unspecified atom stereocenters. The topological polar surface area (TPSA) is 108 Å². The minimum atomic E-state index is -0.794. The van der Waals surface area contributed by atoms with Gasteiger partial charge >= 0.3 is 12.0 Å². The number of rotatable bonds is 5. The van der Waals surface area contributed by atoms with Crippen molar-refractivity contribution in [3.05, 3.63) is 0 Å². The number of carbonyl (C=O) groups excluding carboxylic acids is 2. The number of carboxylic acid groups (broad SMARTS) is 1. The van der Waals surface area contributed by atoms with Gasteiger partial charge in [0.2, 0.25) is 5.91 Å². The molecule has 0 aromatic carbocycles. The van der Waals surface area contributed by atoms with Crippen LogP contribution in [0.5, 0.6) is 0 Å². The molecule has 19 heavy (non-hydrogen) atoms. The van der Waals surface area contributed by atoms with Crippen molar-refractivity contribution in [1.29, 1.82) is 0 Å². The van der Waals surface area contributed by atoms with Crippen LogP contribution < -0.4 is 16.0 Å². The smallest absolute Gasteiger partial charge is 0.315 e. The van der Waals surface area contributed by atoms with Gasteiger partial charge in [-0.3, -0.25) is 9.59 Å². The van der Waals surface area contributed by atoms with Crippen molar-refractivity contribution in [1.82, 2.24) is 16.0 Å². The van der Waals surface area contributed by atoms with Crippen LogP contribution in [0.2, 0.25) is 0 Å². The summed E-state index contributed by atoms with van der Waals surface area (Å²) in [6, 6.07) is -0.406. The molecule has 0 aromatic heterocycles. The quantitative estimate of drug-likeness (QED) is 0.530. The monoisotopic (exact) mass is 271 g/mol. The number of hydrogen-bond donors (Lipinski definition) is 4. The Balaban J connectivity index is 2.20. The van der Waals surface area contributed by atoms with Gasteiger partial charge in [0.1, 0.15) is 0 Å². The maximum Gasteiger partial charge on any atom is 0.315 e. The molecule has 0 radical (unpaired) electrons. The Morgan fingerprint density at radius 2 is 1.84 bits per heavy atom. The van der Waals surface area contributed by atoms with Crippen molar-refractivity contribution in [3.8, 4) is 0 Å². The molecule has 1 rings (SSSR count). The van der Waals surface area contributed by atoms with Crippen LogP contribution in [0.1, 0.15) is 32.6 Å². The highest BCUT2D eigenvalue weighted by Gasteiger charge is 2.27. The van der Waals surface area contributed by atoms with Crippen molar-refractivity contribution in [2.24, 2.45) is 5.92 Å². The SMILES string of the molecule is CC(=O)NCCNC(=O)NC1CCCC(C(=O)O)C1. The third-order valence-electron chi connectivity index (χ3n) is 3.14. The number of carbonyl (C=O) groups is 3. The predicted octanol–water partition coefficient (Wildman–Crippen LogP) is 0.0651. The molecular weight excluding hydrogens is 250 g/mol. The second-order valence-electron chi connectivity index (χ2n) is 4.78. The van der Waals surface area contributed by atoms with Gasteiger partial charge in [-0.2, -0.15) is 0 Å². The Bertz CT molecular complexity index is 346. The third kappa shape index (κ3) is 6.08. The van der Waals surface area contributed by atoms with E-state index in [1.165, 1.54) is 6.92 Å². The van der Waals surface area contributed by atoms with E-state index in [1.54, 1.807) is 0 Å². The van der Waals surface area contributed by atoms with E-state index in [0.29, 0.717) is 25.9 Å². The largest absolute Gasteiger partial charge is 0.481 e. The summed E-state index contributed by atoms with van der Waals surface area (Å²) in [4.78, 5) is 33.1. The van der Waals surface area contributed by atoms with E-state index in [0.717, 1.165) is 12.8 Å². The number of urea groups is 1. The second kappa shape index (κ2) is 7.60. The lowest BCUT2D eigenvalue weighted by Crippen LogP contribution is -2.46. The lowest BCUT2D eigenvalue weighted by molar-refractivity contribution is -0.143. The highest BCUT2D eigenvalue weighted by molar-refractivity contribution is 5.75. The molecule has 0 saturated heterocycles. The molecule has 1 aliphatic rings. The summed E-state index contributed by atoms with van der Waals surface area (Å²) < 4.78 is 0. The lowest BCUT2D eigenvalue weighted by atomic mass is 9.86. The maximum atomic E-state index is 11.6. The first kappa shape index (κ1) is 15.3. The number of aliphatic carboxylic acids is 1. The van der Waals surface area contributed by atoms with Crippen LogP contribution in [0.25, 0.3) is 0 Å². The van der Waals surface area contributed by atoms with Gasteiger partial charge in [-0.1, -0.05) is 6.42 Å². The highest BCUT2D eigenvalue weighted by atomic mass is 16.4. The minimum absolute atomic E-state index is 0.0874. The van der Waals surface area contributed by atoms with Crippen LogP contribution in [0.15, 0.2) is 0 Å². The van der Waals surface area contributed by atoms with Gasteiger partial charge in [0.05, 0.1) is 5.92 Å². The minimum Gasteiger partial charge on any atom is -0.481 e. The first-order valence-electron chi connectivity index (χ1n) is 6.50. The fraction of sp³-hybridized carbons (Fsp3) is 0.750. The van der Waals surface area contributed by atoms with Gasteiger partial charge in [0, 0.05) is 26.1 Å². The lowest BCUT2D eigenvalue weighted by Gasteiger charge is -2.27. The first-order valence-corrected chi connectivity index (χ1v) is 6.50. The molecule has 4 N–H and O–H groups in total. The molecular formula is C12H21N3O4. The second-order valence-corrected chi connectivity index (χ2v) is 4.78. The van der Waals surface area contributed by atoms with Gasteiger partial charge in [-0.15, -0.1) is 0 Å². The van der Waals surface area contributed by atoms with Gasteiger partial charge in [-0.25, -0.2) is 4.79 Å². The van der Waals surface area contributed by atoms with Crippen molar-refractivity contribution in [3.63, 3.8) is 0 Å². The van der Waals surface area contributed by atoms with Crippen molar-refractivity contribution in [2.75, 3.05) is 13.1 Å². The summed E-state index contributed by atoms with van der Waals surface area (Å²) >= 11 is 0. The van der Waals surface area contributed by atoms with E-state index in [9.17, 15) is 14.4 Å². The Labute approximate surface area is 112 Å². The molecule has 3 amide bonds. The van der Waals surface area contributed by atoms with Crippen molar-refractivity contribution in [2.45, 2.75) is 38.6 Å². The Morgan fingerprint density at radius 1 is 1.16 bits per heavy atom. The van der Waals surface area contributed by atoms with Crippen molar-refractivity contribution < 1.29 is 19.5 Å². The molecule has 1 saturated carbocycles. The molecule has 1 aliphatic carbocycles. The molecule has 0 aliphatic heterocycles. The number of carboxylic acids is 1. The molecule has 0 heterocycles. The van der Waals surface area contributed by atoms with Gasteiger partial charge < -0.3 is 21.1 Å². The highest BCUT2D eigenvalue weighted by Crippen LogP contribution is 2.24. The summed E-state index contributed by atoms with van der Waals surface area (Å²) in [5.74, 6) is -1.30. The zero-order valence-electron chi connectivity index (χ0n) is 11.1. The molecule has 2 atom stereocenters. The summed E-state index contributed by atoms with van der Waals surface area (Å²) in [7, 11) is 0. The van der Waals surface area contributed by atoms with Crippen molar-refractivity contribution >= 4 is 17.9 Å². The van der Waals surface area contributed by atoms with E-state index in [-0.39, 0.29) is 23.9 Å². The van der Waals surface area contributed by atoms with Gasteiger partial charge in [0.15, 0.2) is 0 Å². The van der Waals surface area contributed by atoms with Crippen LogP contribution in [0, 0.1) is 5.92 Å². The number of amides is 3.